The van der Waals surface area contributed by atoms with Gasteiger partial charge in [0, 0.05) is 24.7 Å². The van der Waals surface area contributed by atoms with E-state index in [1.165, 1.54) is 16.4 Å². The molecule has 0 saturated carbocycles. The van der Waals surface area contributed by atoms with Crippen LogP contribution in [0.25, 0.3) is 0 Å². The van der Waals surface area contributed by atoms with E-state index in [0.29, 0.717) is 6.54 Å². The molecular weight excluding hydrogens is 296 g/mol. The predicted molar refractivity (Wildman–Crippen MR) is 78.1 cm³/mol. The Labute approximate surface area is 123 Å². The molecular formula is C12H18N4O4S. The molecule has 1 unspecified atom stereocenters. The molecule has 1 aromatic rings. The van der Waals surface area contributed by atoms with E-state index in [-0.39, 0.29) is 22.3 Å². The van der Waals surface area contributed by atoms with Crippen LogP contribution in [0.1, 0.15) is 26.2 Å². The number of rotatable bonds is 5. The van der Waals surface area contributed by atoms with Gasteiger partial charge < -0.3 is 5.43 Å². The number of anilines is 1. The Morgan fingerprint density at radius 2 is 2.24 bits per heavy atom. The minimum Gasteiger partial charge on any atom is -0.323 e. The van der Waals surface area contributed by atoms with Crippen LogP contribution >= 0.6 is 0 Å². The van der Waals surface area contributed by atoms with Gasteiger partial charge in [-0.15, -0.1) is 0 Å². The van der Waals surface area contributed by atoms with Crippen LogP contribution in [0.15, 0.2) is 23.1 Å². The van der Waals surface area contributed by atoms with Crippen molar-refractivity contribution in [2.24, 2.45) is 5.84 Å². The normalized spacial score (nSPS) is 19.6. The van der Waals surface area contributed by atoms with Gasteiger partial charge in [0.05, 0.1) is 10.6 Å². The lowest BCUT2D eigenvalue weighted by molar-refractivity contribution is -0.384. The van der Waals surface area contributed by atoms with E-state index in [1.54, 1.807) is 0 Å². The van der Waals surface area contributed by atoms with Crippen LogP contribution in [0.2, 0.25) is 0 Å². The Kier molecular flexibility index (Phi) is 4.45. The molecule has 21 heavy (non-hydrogen) atoms. The summed E-state index contributed by atoms with van der Waals surface area (Å²) in [4.78, 5) is 10.1. The molecule has 0 spiro atoms. The van der Waals surface area contributed by atoms with E-state index in [4.69, 9.17) is 5.84 Å². The molecule has 1 fully saturated rings. The average Bonchev–Trinajstić information content (AvgIpc) is 2.95. The number of hydrazine groups is 1. The van der Waals surface area contributed by atoms with Gasteiger partial charge in [-0.25, -0.2) is 8.42 Å². The topological polar surface area (TPSA) is 119 Å². The summed E-state index contributed by atoms with van der Waals surface area (Å²) < 4.78 is 26.9. The molecule has 0 bridgehead atoms. The fourth-order valence-corrected chi connectivity index (χ4v) is 4.53. The van der Waals surface area contributed by atoms with E-state index in [2.05, 4.69) is 5.43 Å². The summed E-state index contributed by atoms with van der Waals surface area (Å²) in [6.45, 7) is 2.40. The summed E-state index contributed by atoms with van der Waals surface area (Å²) in [6.07, 6.45) is 2.38. The van der Waals surface area contributed by atoms with Gasteiger partial charge in [0.2, 0.25) is 10.0 Å². The smallest absolute Gasteiger partial charge is 0.271 e. The molecule has 1 aliphatic heterocycles. The zero-order valence-corrected chi connectivity index (χ0v) is 12.5. The SMILES string of the molecule is CCC1CCCN1S(=O)(=O)c1ccc([N+](=O)[O-])cc1NN. The molecule has 0 aromatic heterocycles. The van der Waals surface area contributed by atoms with Gasteiger partial charge in [-0.2, -0.15) is 4.31 Å². The van der Waals surface area contributed by atoms with Gasteiger partial charge in [0.1, 0.15) is 4.90 Å². The highest BCUT2D eigenvalue weighted by atomic mass is 32.2. The van der Waals surface area contributed by atoms with Crippen LogP contribution in [-0.2, 0) is 10.0 Å². The lowest BCUT2D eigenvalue weighted by Crippen LogP contribution is -2.35. The number of nitrogens with zero attached hydrogens (tertiary/aromatic N) is 2. The second-order valence-corrected chi connectivity index (χ2v) is 6.76. The van der Waals surface area contributed by atoms with Crippen LogP contribution in [0, 0.1) is 10.1 Å². The summed E-state index contributed by atoms with van der Waals surface area (Å²) in [6, 6.07) is 3.50. The third-order valence-electron chi connectivity index (χ3n) is 3.71. The van der Waals surface area contributed by atoms with Gasteiger partial charge in [-0.1, -0.05) is 6.92 Å². The number of benzene rings is 1. The maximum atomic E-state index is 12.7. The number of nitro benzene ring substituents is 1. The molecule has 116 valence electrons. The Balaban J connectivity index is 2.47. The first-order valence-corrected chi connectivity index (χ1v) is 8.12. The second-order valence-electron chi connectivity index (χ2n) is 4.90. The van der Waals surface area contributed by atoms with Crippen molar-refractivity contribution < 1.29 is 13.3 Å². The fraction of sp³-hybridized carbons (Fsp3) is 0.500. The summed E-state index contributed by atoms with van der Waals surface area (Å²) in [5.41, 5.74) is 2.06. The zero-order chi connectivity index (χ0) is 15.6. The molecule has 0 aliphatic carbocycles. The van der Waals surface area contributed by atoms with Gasteiger partial charge >= 0.3 is 0 Å². The van der Waals surface area contributed by atoms with Crippen LogP contribution in [0.4, 0.5) is 11.4 Å². The Hall–Kier alpha value is -1.71. The lowest BCUT2D eigenvalue weighted by atomic mass is 10.2. The number of nitrogen functional groups attached to an aromatic ring is 1. The number of nitrogens with one attached hydrogen (secondary N) is 1. The highest BCUT2D eigenvalue weighted by Crippen LogP contribution is 2.32. The van der Waals surface area contributed by atoms with Crippen LogP contribution < -0.4 is 11.3 Å². The van der Waals surface area contributed by atoms with Crippen molar-refractivity contribution in [1.82, 2.24) is 4.31 Å². The Morgan fingerprint density at radius 1 is 1.52 bits per heavy atom. The molecule has 0 radical (unpaired) electrons. The van der Waals surface area contributed by atoms with Gasteiger partial charge in [0.15, 0.2) is 0 Å². The predicted octanol–water partition coefficient (Wildman–Crippen LogP) is 1.44. The number of hydrogen-bond acceptors (Lipinski definition) is 6. The van der Waals surface area contributed by atoms with Crippen LogP contribution in [-0.4, -0.2) is 30.2 Å². The monoisotopic (exact) mass is 314 g/mol. The van der Waals surface area contributed by atoms with Gasteiger partial charge in [-0.3, -0.25) is 16.0 Å². The zero-order valence-electron chi connectivity index (χ0n) is 11.7. The first-order valence-electron chi connectivity index (χ1n) is 6.68. The number of nitrogens with two attached hydrogens (primary N) is 1. The van der Waals surface area contributed by atoms with E-state index in [1.807, 2.05) is 6.92 Å². The van der Waals surface area contributed by atoms with Crippen molar-refractivity contribution in [3.05, 3.63) is 28.3 Å². The van der Waals surface area contributed by atoms with Crippen molar-refractivity contribution >= 4 is 21.4 Å². The van der Waals surface area contributed by atoms with Crippen molar-refractivity contribution in [1.29, 1.82) is 0 Å². The fourth-order valence-electron chi connectivity index (χ4n) is 2.63. The second kappa shape index (κ2) is 5.96. The van der Waals surface area contributed by atoms with E-state index >= 15 is 0 Å². The Morgan fingerprint density at radius 3 is 2.81 bits per heavy atom. The highest BCUT2D eigenvalue weighted by Gasteiger charge is 2.35. The first kappa shape index (κ1) is 15.7. The summed E-state index contributed by atoms with van der Waals surface area (Å²) in [5, 5.41) is 10.8. The third kappa shape index (κ3) is 2.85. The maximum absolute atomic E-state index is 12.7. The lowest BCUT2D eigenvalue weighted by Gasteiger charge is -2.24. The quantitative estimate of drug-likeness (QED) is 0.482. The molecule has 1 atom stereocenters. The minimum atomic E-state index is -3.72. The van der Waals surface area contributed by atoms with Gasteiger partial charge in [0.25, 0.3) is 5.69 Å². The summed E-state index contributed by atoms with van der Waals surface area (Å²) in [7, 11) is -3.72. The maximum Gasteiger partial charge on any atom is 0.271 e. The molecule has 2 rings (SSSR count). The molecule has 1 aliphatic rings. The van der Waals surface area contributed by atoms with Crippen molar-refractivity contribution in [2.45, 2.75) is 37.1 Å². The first-order chi connectivity index (χ1) is 9.91. The minimum absolute atomic E-state index is 0.0315. The summed E-state index contributed by atoms with van der Waals surface area (Å²) >= 11 is 0. The van der Waals surface area contributed by atoms with Crippen molar-refractivity contribution in [2.75, 3.05) is 12.0 Å². The van der Waals surface area contributed by atoms with E-state index in [9.17, 15) is 18.5 Å². The van der Waals surface area contributed by atoms with E-state index < -0.39 is 14.9 Å². The molecule has 9 heteroatoms. The summed E-state index contributed by atoms with van der Waals surface area (Å²) in [5.74, 6) is 5.33. The molecule has 1 heterocycles. The highest BCUT2D eigenvalue weighted by molar-refractivity contribution is 7.89. The molecule has 1 aromatic carbocycles. The third-order valence-corrected chi connectivity index (χ3v) is 5.72. The van der Waals surface area contributed by atoms with Crippen molar-refractivity contribution in [3.8, 4) is 0 Å². The van der Waals surface area contributed by atoms with Crippen LogP contribution in [0.3, 0.4) is 0 Å². The number of non-ortho nitro benzene ring substituents is 1. The molecule has 3 N–H and O–H groups in total. The number of sulfonamides is 1. The van der Waals surface area contributed by atoms with Crippen molar-refractivity contribution in [3.63, 3.8) is 0 Å². The molecule has 8 nitrogen and oxygen atoms in total. The molecule has 1 saturated heterocycles. The largest absolute Gasteiger partial charge is 0.323 e. The van der Waals surface area contributed by atoms with E-state index in [0.717, 1.165) is 25.3 Å². The van der Waals surface area contributed by atoms with Crippen LogP contribution in [0.5, 0.6) is 0 Å². The molecule has 0 amide bonds. The standard InChI is InChI=1S/C12H18N4O4S/c1-2-9-4-3-7-15(9)21(19,20)12-6-5-10(16(17)18)8-11(12)14-13/h5-6,8-9,14H,2-4,7,13H2,1H3. The number of hydrogen-bond donors (Lipinski definition) is 2. The Bertz CT molecular complexity index is 647. The van der Waals surface area contributed by atoms with Gasteiger partial charge in [-0.05, 0) is 25.3 Å². The number of nitro groups is 1. The average molecular weight is 314 g/mol.